The van der Waals surface area contributed by atoms with Gasteiger partial charge < -0.3 is 9.67 Å². The third kappa shape index (κ3) is 3.15. The average Bonchev–Trinajstić information content (AvgIpc) is 2.84. The molecule has 0 radical (unpaired) electrons. The third-order valence-corrected chi connectivity index (χ3v) is 2.67. The number of likely N-dealkylation sites (N-methyl/N-ethyl adjacent to an activating group) is 1. The second-order valence-electron chi connectivity index (χ2n) is 4.10. The molecule has 1 heterocycles. The molecule has 0 saturated heterocycles. The Kier molecular flexibility index (Phi) is 3.90. The van der Waals surface area contributed by atoms with Crippen molar-refractivity contribution in [1.82, 2.24) is 14.5 Å². The lowest BCUT2D eigenvalue weighted by Crippen LogP contribution is -2.21. The number of hydrogen-bond donors (Lipinski definition) is 1. The maximum Gasteiger partial charge on any atom is 0.0991 e. The lowest BCUT2D eigenvalue weighted by Gasteiger charge is -2.15. The minimum atomic E-state index is 0.198. The molecular formula is C13H17N3O. The number of aliphatic hydroxyl groups is 1. The van der Waals surface area contributed by atoms with Crippen molar-refractivity contribution in [2.75, 3.05) is 20.2 Å². The molecule has 1 aromatic heterocycles. The highest BCUT2D eigenvalue weighted by molar-refractivity contribution is 5.34. The van der Waals surface area contributed by atoms with Gasteiger partial charge >= 0.3 is 0 Å². The predicted molar refractivity (Wildman–Crippen MR) is 67.0 cm³/mol. The fourth-order valence-electron chi connectivity index (χ4n) is 1.75. The summed E-state index contributed by atoms with van der Waals surface area (Å²) in [5, 5.41) is 8.83. The Bertz CT molecular complexity index is 436. The fraction of sp³-hybridized carbons (Fsp3) is 0.308. The van der Waals surface area contributed by atoms with Crippen LogP contribution < -0.4 is 0 Å². The highest BCUT2D eigenvalue weighted by Gasteiger charge is 2.00. The van der Waals surface area contributed by atoms with Crippen molar-refractivity contribution >= 4 is 0 Å². The van der Waals surface area contributed by atoms with Crippen LogP contribution in [0.25, 0.3) is 5.69 Å². The minimum absolute atomic E-state index is 0.198. The molecule has 0 fully saturated rings. The van der Waals surface area contributed by atoms with E-state index in [1.54, 1.807) is 12.5 Å². The molecule has 4 heteroatoms. The summed E-state index contributed by atoms with van der Waals surface area (Å²) in [5.41, 5.74) is 2.35. The summed E-state index contributed by atoms with van der Waals surface area (Å²) >= 11 is 0. The van der Waals surface area contributed by atoms with Crippen LogP contribution in [0.3, 0.4) is 0 Å². The third-order valence-electron chi connectivity index (χ3n) is 2.67. The van der Waals surface area contributed by atoms with E-state index in [-0.39, 0.29) is 6.61 Å². The maximum atomic E-state index is 8.83. The molecule has 0 aliphatic rings. The molecule has 2 aromatic rings. The molecule has 90 valence electrons. The van der Waals surface area contributed by atoms with Gasteiger partial charge in [0.2, 0.25) is 0 Å². The van der Waals surface area contributed by atoms with E-state index in [2.05, 4.69) is 34.1 Å². The Labute approximate surface area is 101 Å². The quantitative estimate of drug-likeness (QED) is 0.843. The smallest absolute Gasteiger partial charge is 0.0991 e. The first-order valence-electron chi connectivity index (χ1n) is 5.66. The molecule has 1 aromatic carbocycles. The number of rotatable bonds is 5. The first kappa shape index (κ1) is 11.8. The van der Waals surface area contributed by atoms with Crippen molar-refractivity contribution in [3.63, 3.8) is 0 Å². The van der Waals surface area contributed by atoms with E-state index in [0.29, 0.717) is 6.54 Å². The topological polar surface area (TPSA) is 41.3 Å². The zero-order chi connectivity index (χ0) is 12.1. The lowest BCUT2D eigenvalue weighted by molar-refractivity contribution is 0.217. The molecule has 0 bridgehead atoms. The zero-order valence-corrected chi connectivity index (χ0v) is 9.95. The standard InChI is InChI=1S/C13H17N3O/c1-15(8-9-17)10-12-2-4-13(5-3-12)16-7-6-14-11-16/h2-7,11,17H,8-10H2,1H3. The summed E-state index contributed by atoms with van der Waals surface area (Å²) in [6.07, 6.45) is 5.47. The average molecular weight is 231 g/mol. The van der Waals surface area contributed by atoms with Crippen molar-refractivity contribution in [1.29, 1.82) is 0 Å². The number of nitrogens with zero attached hydrogens (tertiary/aromatic N) is 3. The highest BCUT2D eigenvalue weighted by atomic mass is 16.3. The molecule has 2 rings (SSSR count). The SMILES string of the molecule is CN(CCO)Cc1ccc(-n2ccnc2)cc1. The molecule has 0 aliphatic carbocycles. The van der Waals surface area contributed by atoms with Gasteiger partial charge in [-0.3, -0.25) is 4.90 Å². The summed E-state index contributed by atoms with van der Waals surface area (Å²) in [6.45, 7) is 1.75. The number of imidazole rings is 1. The molecular weight excluding hydrogens is 214 g/mol. The molecule has 0 saturated carbocycles. The zero-order valence-electron chi connectivity index (χ0n) is 9.95. The van der Waals surface area contributed by atoms with Crippen LogP contribution in [0.15, 0.2) is 43.0 Å². The molecule has 0 unspecified atom stereocenters. The van der Waals surface area contributed by atoms with Crippen LogP contribution in [-0.2, 0) is 6.54 Å². The van der Waals surface area contributed by atoms with E-state index in [1.807, 2.05) is 17.8 Å². The summed E-state index contributed by atoms with van der Waals surface area (Å²) < 4.78 is 1.97. The molecule has 0 spiro atoms. The van der Waals surface area contributed by atoms with E-state index in [9.17, 15) is 0 Å². The van der Waals surface area contributed by atoms with Gasteiger partial charge in [0.25, 0.3) is 0 Å². The van der Waals surface area contributed by atoms with Gasteiger partial charge in [0.05, 0.1) is 12.9 Å². The Balaban J connectivity index is 2.03. The molecule has 0 amide bonds. The number of aromatic nitrogens is 2. The second-order valence-corrected chi connectivity index (χ2v) is 4.10. The van der Waals surface area contributed by atoms with Gasteiger partial charge in [0.15, 0.2) is 0 Å². The summed E-state index contributed by atoms with van der Waals surface area (Å²) in [4.78, 5) is 6.11. The Morgan fingerprint density at radius 2 is 2.06 bits per heavy atom. The van der Waals surface area contributed by atoms with Gasteiger partial charge in [0, 0.05) is 31.2 Å². The van der Waals surface area contributed by atoms with Gasteiger partial charge in [0.1, 0.15) is 0 Å². The predicted octanol–water partition coefficient (Wildman–Crippen LogP) is 1.30. The molecule has 4 nitrogen and oxygen atoms in total. The van der Waals surface area contributed by atoms with Crippen molar-refractivity contribution in [2.24, 2.45) is 0 Å². The fourth-order valence-corrected chi connectivity index (χ4v) is 1.75. The monoisotopic (exact) mass is 231 g/mol. The lowest BCUT2D eigenvalue weighted by atomic mass is 10.2. The Morgan fingerprint density at radius 1 is 1.29 bits per heavy atom. The largest absolute Gasteiger partial charge is 0.395 e. The van der Waals surface area contributed by atoms with Crippen LogP contribution in [0.1, 0.15) is 5.56 Å². The Hall–Kier alpha value is -1.65. The van der Waals surface area contributed by atoms with Gasteiger partial charge in [-0.25, -0.2) is 4.98 Å². The van der Waals surface area contributed by atoms with Crippen LogP contribution >= 0.6 is 0 Å². The van der Waals surface area contributed by atoms with E-state index >= 15 is 0 Å². The highest BCUT2D eigenvalue weighted by Crippen LogP contribution is 2.10. The van der Waals surface area contributed by atoms with Gasteiger partial charge in [-0.1, -0.05) is 12.1 Å². The van der Waals surface area contributed by atoms with Gasteiger partial charge in [-0.05, 0) is 24.7 Å². The van der Waals surface area contributed by atoms with E-state index in [4.69, 9.17) is 5.11 Å². The Morgan fingerprint density at radius 3 is 2.65 bits per heavy atom. The first-order chi connectivity index (χ1) is 8.29. The van der Waals surface area contributed by atoms with Gasteiger partial charge in [-0.15, -0.1) is 0 Å². The van der Waals surface area contributed by atoms with Crippen molar-refractivity contribution in [2.45, 2.75) is 6.54 Å². The summed E-state index contributed by atoms with van der Waals surface area (Å²) in [7, 11) is 2.00. The minimum Gasteiger partial charge on any atom is -0.395 e. The normalized spacial score (nSPS) is 11.0. The second kappa shape index (κ2) is 5.61. The van der Waals surface area contributed by atoms with Crippen LogP contribution in [0.4, 0.5) is 0 Å². The van der Waals surface area contributed by atoms with Crippen LogP contribution in [0.2, 0.25) is 0 Å². The molecule has 17 heavy (non-hydrogen) atoms. The maximum absolute atomic E-state index is 8.83. The van der Waals surface area contributed by atoms with Crippen LogP contribution in [0, 0.1) is 0 Å². The van der Waals surface area contributed by atoms with Crippen LogP contribution in [0.5, 0.6) is 0 Å². The van der Waals surface area contributed by atoms with E-state index in [1.165, 1.54) is 5.56 Å². The van der Waals surface area contributed by atoms with Crippen molar-refractivity contribution in [3.05, 3.63) is 48.5 Å². The first-order valence-corrected chi connectivity index (χ1v) is 5.66. The molecule has 0 atom stereocenters. The van der Waals surface area contributed by atoms with Crippen molar-refractivity contribution in [3.8, 4) is 5.69 Å². The molecule has 0 aliphatic heterocycles. The van der Waals surface area contributed by atoms with Gasteiger partial charge in [-0.2, -0.15) is 0 Å². The van der Waals surface area contributed by atoms with Crippen LogP contribution in [-0.4, -0.2) is 39.8 Å². The number of hydrogen-bond acceptors (Lipinski definition) is 3. The summed E-state index contributed by atoms with van der Waals surface area (Å²) in [6, 6.07) is 8.35. The summed E-state index contributed by atoms with van der Waals surface area (Å²) in [5.74, 6) is 0. The van der Waals surface area contributed by atoms with E-state index in [0.717, 1.165) is 12.2 Å². The number of aliphatic hydroxyl groups excluding tert-OH is 1. The number of benzene rings is 1. The van der Waals surface area contributed by atoms with Crippen molar-refractivity contribution < 1.29 is 5.11 Å². The molecule has 1 N–H and O–H groups in total. The van der Waals surface area contributed by atoms with E-state index < -0.39 is 0 Å².